The van der Waals surface area contributed by atoms with E-state index in [4.69, 9.17) is 0 Å². The quantitative estimate of drug-likeness (QED) is 0.463. The average molecular weight is 323 g/mol. The molecule has 128 valence electrons. The van der Waals surface area contributed by atoms with Crippen LogP contribution in [0.4, 0.5) is 0 Å². The number of phenols is 1. The minimum absolute atomic E-state index is 0.209. The zero-order valence-electron chi connectivity index (χ0n) is 15.4. The third-order valence-corrected chi connectivity index (χ3v) is 4.07. The van der Waals surface area contributed by atoms with Gasteiger partial charge >= 0.3 is 0 Å². The van der Waals surface area contributed by atoms with Crippen LogP contribution in [0.5, 0.6) is 5.75 Å². The van der Waals surface area contributed by atoms with E-state index in [0.717, 1.165) is 36.8 Å². The van der Waals surface area contributed by atoms with Crippen molar-refractivity contribution < 1.29 is 5.11 Å². The van der Waals surface area contributed by atoms with E-state index >= 15 is 0 Å². The molecule has 0 aliphatic rings. The fourth-order valence-electron chi connectivity index (χ4n) is 2.69. The second-order valence-electron chi connectivity index (χ2n) is 6.52. The van der Waals surface area contributed by atoms with E-state index in [1.807, 2.05) is 12.1 Å². The van der Waals surface area contributed by atoms with Crippen molar-refractivity contribution >= 4 is 5.57 Å². The standard InChI is InChI=1S/C22H29NO/c1-6-8-19-13-14-20(22(24)21(19)18(5)15-23)12-11-17(4)10-7-9-16(2)3/h9,11,13-14,24H,5-8,10,12H2,1-4H3/b17-11+. The number of phenolic OH excluding ortho intramolecular Hbond substituents is 1. The molecule has 0 fully saturated rings. The number of nitriles is 1. The highest BCUT2D eigenvalue weighted by molar-refractivity contribution is 5.81. The number of rotatable bonds is 8. The summed E-state index contributed by atoms with van der Waals surface area (Å²) in [5, 5.41) is 19.8. The van der Waals surface area contributed by atoms with E-state index in [2.05, 4.69) is 52.5 Å². The van der Waals surface area contributed by atoms with Gasteiger partial charge in [-0.3, -0.25) is 0 Å². The van der Waals surface area contributed by atoms with E-state index < -0.39 is 0 Å². The lowest BCUT2D eigenvalue weighted by Gasteiger charge is -2.13. The van der Waals surface area contributed by atoms with Crippen molar-refractivity contribution in [3.05, 3.63) is 58.7 Å². The van der Waals surface area contributed by atoms with E-state index in [1.54, 1.807) is 0 Å². The first-order chi connectivity index (χ1) is 11.4. The van der Waals surface area contributed by atoms with E-state index in [0.29, 0.717) is 17.6 Å². The molecule has 0 heterocycles. The molecule has 0 aromatic heterocycles. The van der Waals surface area contributed by atoms with Gasteiger partial charge in [-0.15, -0.1) is 0 Å². The molecule has 0 bridgehead atoms. The summed E-state index contributed by atoms with van der Waals surface area (Å²) >= 11 is 0. The summed E-state index contributed by atoms with van der Waals surface area (Å²) in [6, 6.07) is 6.06. The van der Waals surface area contributed by atoms with Crippen molar-refractivity contribution in [2.45, 2.75) is 59.8 Å². The normalized spacial score (nSPS) is 11.0. The lowest BCUT2D eigenvalue weighted by Crippen LogP contribution is -1.97. The fourth-order valence-corrected chi connectivity index (χ4v) is 2.69. The molecule has 0 amide bonds. The predicted octanol–water partition coefficient (Wildman–Crippen LogP) is 6.12. The summed E-state index contributed by atoms with van der Waals surface area (Å²) in [7, 11) is 0. The highest BCUT2D eigenvalue weighted by Gasteiger charge is 2.14. The van der Waals surface area contributed by atoms with E-state index in [9.17, 15) is 10.4 Å². The largest absolute Gasteiger partial charge is 0.507 e. The molecule has 1 aromatic carbocycles. The Morgan fingerprint density at radius 2 is 1.88 bits per heavy atom. The third kappa shape index (κ3) is 5.74. The number of hydrogen-bond acceptors (Lipinski definition) is 2. The smallest absolute Gasteiger partial charge is 0.127 e. The van der Waals surface area contributed by atoms with Gasteiger partial charge in [0.25, 0.3) is 0 Å². The van der Waals surface area contributed by atoms with Crippen LogP contribution in [0, 0.1) is 11.3 Å². The topological polar surface area (TPSA) is 44.0 Å². The number of hydrogen-bond donors (Lipinski definition) is 1. The van der Waals surface area contributed by atoms with Gasteiger partial charge in [0.2, 0.25) is 0 Å². The number of aryl methyl sites for hydroxylation is 1. The maximum atomic E-state index is 10.6. The van der Waals surface area contributed by atoms with Crippen LogP contribution >= 0.6 is 0 Å². The molecular weight excluding hydrogens is 294 g/mol. The van der Waals surface area contributed by atoms with Crippen LogP contribution in [0.15, 0.2) is 42.0 Å². The summed E-state index contributed by atoms with van der Waals surface area (Å²) in [5.74, 6) is 0.209. The summed E-state index contributed by atoms with van der Waals surface area (Å²) in [6.45, 7) is 12.2. The van der Waals surface area contributed by atoms with E-state index in [-0.39, 0.29) is 5.75 Å². The van der Waals surface area contributed by atoms with Crippen molar-refractivity contribution in [2.24, 2.45) is 0 Å². The number of allylic oxidation sites excluding steroid dienone is 5. The van der Waals surface area contributed by atoms with Crippen molar-refractivity contribution in [1.29, 1.82) is 5.26 Å². The summed E-state index contributed by atoms with van der Waals surface area (Å²) in [4.78, 5) is 0. The minimum Gasteiger partial charge on any atom is -0.507 e. The predicted molar refractivity (Wildman–Crippen MR) is 103 cm³/mol. The van der Waals surface area contributed by atoms with Crippen molar-refractivity contribution in [2.75, 3.05) is 0 Å². The van der Waals surface area contributed by atoms with Gasteiger partial charge in [-0.25, -0.2) is 0 Å². The van der Waals surface area contributed by atoms with Crippen LogP contribution in [0.3, 0.4) is 0 Å². The van der Waals surface area contributed by atoms with Crippen LogP contribution < -0.4 is 0 Å². The van der Waals surface area contributed by atoms with Gasteiger partial charge in [0, 0.05) is 5.56 Å². The molecule has 0 aliphatic carbocycles. The Morgan fingerprint density at radius 1 is 1.21 bits per heavy atom. The van der Waals surface area contributed by atoms with Gasteiger partial charge in [-0.05, 0) is 57.6 Å². The Morgan fingerprint density at radius 3 is 2.46 bits per heavy atom. The third-order valence-electron chi connectivity index (χ3n) is 4.07. The molecule has 1 aromatic rings. The molecule has 1 N–H and O–H groups in total. The summed E-state index contributed by atoms with van der Waals surface area (Å²) < 4.78 is 0. The average Bonchev–Trinajstić information content (AvgIpc) is 2.53. The van der Waals surface area contributed by atoms with Crippen molar-refractivity contribution in [3.63, 3.8) is 0 Å². The maximum absolute atomic E-state index is 10.6. The lowest BCUT2D eigenvalue weighted by molar-refractivity contribution is 0.467. The van der Waals surface area contributed by atoms with E-state index in [1.165, 1.54) is 11.1 Å². The van der Waals surface area contributed by atoms with Crippen molar-refractivity contribution in [1.82, 2.24) is 0 Å². The Bertz CT molecular complexity index is 683. The molecule has 0 atom stereocenters. The van der Waals surface area contributed by atoms with Crippen LogP contribution in [0.25, 0.3) is 5.57 Å². The summed E-state index contributed by atoms with van der Waals surface area (Å²) in [5.41, 5.74) is 5.45. The maximum Gasteiger partial charge on any atom is 0.127 e. The zero-order chi connectivity index (χ0) is 18.1. The molecule has 0 saturated heterocycles. The highest BCUT2D eigenvalue weighted by Crippen LogP contribution is 2.32. The second kappa shape index (κ2) is 9.78. The Kier molecular flexibility index (Phi) is 8.06. The van der Waals surface area contributed by atoms with Gasteiger partial charge < -0.3 is 5.11 Å². The van der Waals surface area contributed by atoms with Gasteiger partial charge in [0.05, 0.1) is 11.6 Å². The molecule has 1 rings (SSSR count). The van der Waals surface area contributed by atoms with Crippen LogP contribution in [-0.4, -0.2) is 5.11 Å². The molecular formula is C22H29NO. The Labute approximate surface area is 146 Å². The minimum atomic E-state index is 0.209. The molecule has 0 unspecified atom stereocenters. The van der Waals surface area contributed by atoms with Crippen LogP contribution in [0.2, 0.25) is 0 Å². The monoisotopic (exact) mass is 323 g/mol. The fraction of sp³-hybridized carbons (Fsp3) is 0.409. The first kappa shape index (κ1) is 19.8. The van der Waals surface area contributed by atoms with Gasteiger partial charge in [0.1, 0.15) is 5.75 Å². The first-order valence-electron chi connectivity index (χ1n) is 8.62. The van der Waals surface area contributed by atoms with Gasteiger partial charge in [0.15, 0.2) is 0 Å². The molecule has 24 heavy (non-hydrogen) atoms. The second-order valence-corrected chi connectivity index (χ2v) is 6.52. The molecule has 2 nitrogen and oxygen atoms in total. The van der Waals surface area contributed by atoms with Crippen LogP contribution in [-0.2, 0) is 12.8 Å². The Hall–Kier alpha value is -2.27. The molecule has 0 saturated carbocycles. The zero-order valence-corrected chi connectivity index (χ0v) is 15.4. The van der Waals surface area contributed by atoms with Crippen LogP contribution in [0.1, 0.15) is 63.6 Å². The number of nitrogens with zero attached hydrogens (tertiary/aromatic N) is 1. The molecule has 0 aliphatic heterocycles. The van der Waals surface area contributed by atoms with Gasteiger partial charge in [-0.2, -0.15) is 5.26 Å². The highest BCUT2D eigenvalue weighted by atomic mass is 16.3. The molecule has 0 spiro atoms. The number of aromatic hydroxyl groups is 1. The lowest BCUT2D eigenvalue weighted by atomic mass is 9.93. The number of benzene rings is 1. The Balaban J connectivity index is 2.99. The summed E-state index contributed by atoms with van der Waals surface area (Å²) in [6.07, 6.45) is 8.94. The van der Waals surface area contributed by atoms with Crippen molar-refractivity contribution in [3.8, 4) is 11.8 Å². The SMILES string of the molecule is C=C(C#N)c1c(CCC)ccc(C/C=C(\C)CCC=C(C)C)c1O. The first-order valence-corrected chi connectivity index (χ1v) is 8.62. The van der Waals surface area contributed by atoms with Gasteiger partial charge in [-0.1, -0.05) is 55.4 Å². The molecule has 2 heteroatoms. The molecule has 0 radical (unpaired) electrons.